The van der Waals surface area contributed by atoms with Gasteiger partial charge in [-0.3, -0.25) is 10.2 Å². The number of nitrogen functional groups attached to an aromatic ring is 2. The van der Waals surface area contributed by atoms with E-state index in [4.69, 9.17) is 16.9 Å². The van der Waals surface area contributed by atoms with Crippen LogP contribution in [0, 0.1) is 5.41 Å². The molecule has 0 radical (unpaired) electrons. The van der Waals surface area contributed by atoms with Gasteiger partial charge < -0.3 is 21.0 Å². The van der Waals surface area contributed by atoms with Gasteiger partial charge in [0.25, 0.3) is 5.91 Å². The van der Waals surface area contributed by atoms with E-state index in [1.165, 1.54) is 18.2 Å². The number of anilines is 2. The molecule has 0 spiro atoms. The van der Waals surface area contributed by atoms with Crippen LogP contribution in [0.4, 0.5) is 11.4 Å². The van der Waals surface area contributed by atoms with Gasteiger partial charge in [0.05, 0.1) is 11.8 Å². The quantitative estimate of drug-likeness (QED) is 0.193. The van der Waals surface area contributed by atoms with Crippen LogP contribution in [-0.4, -0.2) is 32.4 Å². The molecule has 0 atom stereocenters. The highest BCUT2D eigenvalue weighted by Crippen LogP contribution is 2.30. The van der Waals surface area contributed by atoms with Crippen molar-refractivity contribution in [3.8, 4) is 11.1 Å². The van der Waals surface area contributed by atoms with Crippen molar-refractivity contribution in [2.45, 2.75) is 0 Å². The molecule has 0 aromatic heterocycles. The van der Waals surface area contributed by atoms with Gasteiger partial charge in [-0.15, -0.1) is 0 Å². The van der Waals surface area contributed by atoms with Gasteiger partial charge in [0.15, 0.2) is 0 Å². The second-order valence-corrected chi connectivity index (χ2v) is 8.45. The van der Waals surface area contributed by atoms with Crippen LogP contribution in [-0.2, 0) is 14.3 Å². The normalized spacial score (nSPS) is 10.9. The van der Waals surface area contributed by atoms with Gasteiger partial charge in [-0.25, -0.2) is 4.79 Å². The first kappa shape index (κ1) is 22.5. The fraction of sp³-hybridized carbons (Fsp3) is 0.0455. The lowest BCUT2D eigenvalue weighted by atomic mass is 9.94. The summed E-state index contributed by atoms with van der Waals surface area (Å²) < 4.78 is 27.4. The van der Waals surface area contributed by atoms with Crippen molar-refractivity contribution in [1.29, 1.82) is 5.41 Å². The minimum Gasteiger partial charge on any atom is -0.399 e. The average Bonchev–Trinajstić information content (AvgIpc) is 2.73. The molecule has 164 valence electrons. The molecule has 0 heterocycles. The summed E-state index contributed by atoms with van der Waals surface area (Å²) in [5, 5.41) is 10.2. The summed E-state index contributed by atoms with van der Waals surface area (Å²) in [5.74, 6) is -1.66. The maximum atomic E-state index is 13.0. The molecule has 0 saturated carbocycles. The largest absolute Gasteiger partial charge is 0.399 e. The summed E-state index contributed by atoms with van der Waals surface area (Å²) in [5.41, 5.74) is 13.2. The van der Waals surface area contributed by atoms with E-state index in [1.807, 2.05) is 0 Å². The van der Waals surface area contributed by atoms with E-state index in [9.17, 15) is 18.0 Å². The lowest BCUT2D eigenvalue weighted by Gasteiger charge is -2.14. The molecular weight excluding hydrogens is 432 g/mol. The standard InChI is InChI=1S/C22H20N4O5S/c1-32(29,30)31-22(28)19-12-14(23)8-11-17(19)16-4-2-3-5-18(16)21(27)26-15-9-6-13(7-10-15)20(24)25/h2-12H,23H2,1H3,(H3,24,25)(H,26,27). The van der Waals surface area contributed by atoms with E-state index in [-0.39, 0.29) is 28.2 Å². The summed E-state index contributed by atoms with van der Waals surface area (Å²) >= 11 is 0. The Morgan fingerprint density at radius 3 is 2.19 bits per heavy atom. The Hall–Kier alpha value is -4.18. The van der Waals surface area contributed by atoms with Crippen LogP contribution in [0.5, 0.6) is 0 Å². The molecule has 0 unspecified atom stereocenters. The third kappa shape index (κ3) is 5.29. The number of benzene rings is 3. The third-order valence-corrected chi connectivity index (χ3v) is 4.86. The number of carbonyl (C=O) groups is 2. The molecule has 3 aromatic rings. The topological polar surface area (TPSA) is 165 Å². The van der Waals surface area contributed by atoms with E-state index >= 15 is 0 Å². The molecule has 6 N–H and O–H groups in total. The summed E-state index contributed by atoms with van der Waals surface area (Å²) in [4.78, 5) is 25.5. The van der Waals surface area contributed by atoms with Crippen molar-refractivity contribution in [2.24, 2.45) is 5.73 Å². The van der Waals surface area contributed by atoms with E-state index in [1.54, 1.807) is 48.5 Å². The summed E-state index contributed by atoms with van der Waals surface area (Å²) in [7, 11) is -4.05. The number of nitrogens with one attached hydrogen (secondary N) is 2. The van der Waals surface area contributed by atoms with Crippen LogP contribution in [0.1, 0.15) is 26.3 Å². The van der Waals surface area contributed by atoms with E-state index in [0.717, 1.165) is 6.26 Å². The number of amides is 1. The van der Waals surface area contributed by atoms with Crippen LogP contribution < -0.4 is 16.8 Å². The molecule has 9 nitrogen and oxygen atoms in total. The SMILES string of the molecule is CS(=O)(=O)OC(=O)c1cc(N)ccc1-c1ccccc1C(=O)Nc1ccc(C(=N)N)cc1. The van der Waals surface area contributed by atoms with Gasteiger partial charge in [-0.05, 0) is 53.6 Å². The zero-order valence-electron chi connectivity index (χ0n) is 17.0. The Bertz CT molecular complexity index is 1320. The molecule has 0 aliphatic carbocycles. The molecular formula is C22H20N4O5S. The van der Waals surface area contributed by atoms with Gasteiger partial charge >= 0.3 is 16.1 Å². The monoisotopic (exact) mass is 452 g/mol. The van der Waals surface area contributed by atoms with Crippen molar-refractivity contribution in [2.75, 3.05) is 17.3 Å². The molecule has 0 aliphatic rings. The van der Waals surface area contributed by atoms with Crippen molar-refractivity contribution in [1.82, 2.24) is 0 Å². The molecule has 10 heteroatoms. The number of carbonyl (C=O) groups excluding carboxylic acids is 2. The van der Waals surface area contributed by atoms with Gasteiger partial charge in [0.1, 0.15) is 5.84 Å². The smallest absolute Gasteiger partial charge is 0.354 e. The highest BCUT2D eigenvalue weighted by atomic mass is 32.2. The van der Waals surface area contributed by atoms with Crippen LogP contribution in [0.2, 0.25) is 0 Å². The summed E-state index contributed by atoms with van der Waals surface area (Å²) in [6.45, 7) is 0. The molecule has 1 amide bonds. The maximum absolute atomic E-state index is 13.0. The van der Waals surface area contributed by atoms with E-state index < -0.39 is 22.0 Å². The fourth-order valence-electron chi connectivity index (χ4n) is 3.00. The molecule has 0 saturated heterocycles. The van der Waals surface area contributed by atoms with E-state index in [2.05, 4.69) is 9.50 Å². The predicted molar refractivity (Wildman–Crippen MR) is 122 cm³/mol. The predicted octanol–water partition coefficient (Wildman–Crippen LogP) is 2.59. The minimum absolute atomic E-state index is 0.0925. The number of hydrogen-bond acceptors (Lipinski definition) is 7. The zero-order valence-corrected chi connectivity index (χ0v) is 17.8. The van der Waals surface area contributed by atoms with Crippen LogP contribution >= 0.6 is 0 Å². The zero-order chi connectivity index (χ0) is 23.5. The third-order valence-electron chi connectivity index (χ3n) is 4.41. The average molecular weight is 452 g/mol. The lowest BCUT2D eigenvalue weighted by Crippen LogP contribution is -2.16. The second kappa shape index (κ2) is 8.90. The number of nitrogens with two attached hydrogens (primary N) is 2. The number of amidine groups is 1. The van der Waals surface area contributed by atoms with Gasteiger partial charge in [-0.1, -0.05) is 24.3 Å². The first-order valence-corrected chi connectivity index (χ1v) is 11.1. The molecule has 3 aromatic carbocycles. The van der Waals surface area contributed by atoms with Crippen molar-refractivity contribution < 1.29 is 22.2 Å². The molecule has 3 rings (SSSR count). The lowest BCUT2D eigenvalue weighted by molar-refractivity contribution is 0.0749. The van der Waals surface area contributed by atoms with Crippen molar-refractivity contribution in [3.63, 3.8) is 0 Å². The van der Waals surface area contributed by atoms with Gasteiger partial charge in [-0.2, -0.15) is 8.42 Å². The Balaban J connectivity index is 2.00. The van der Waals surface area contributed by atoms with Crippen LogP contribution in [0.25, 0.3) is 11.1 Å². The number of hydrogen-bond donors (Lipinski definition) is 4. The summed E-state index contributed by atoms with van der Waals surface area (Å²) in [6, 6.07) is 17.3. The van der Waals surface area contributed by atoms with Gasteiger partial charge in [0, 0.05) is 22.5 Å². The van der Waals surface area contributed by atoms with Crippen molar-refractivity contribution >= 4 is 39.2 Å². The van der Waals surface area contributed by atoms with Gasteiger partial charge in [0.2, 0.25) is 0 Å². The Kier molecular flexibility index (Phi) is 6.26. The Morgan fingerprint density at radius 1 is 0.938 bits per heavy atom. The maximum Gasteiger partial charge on any atom is 0.354 e. The first-order valence-electron chi connectivity index (χ1n) is 9.23. The molecule has 0 fully saturated rings. The molecule has 0 bridgehead atoms. The summed E-state index contributed by atoms with van der Waals surface area (Å²) in [6.07, 6.45) is 0.760. The molecule has 0 aliphatic heterocycles. The Morgan fingerprint density at radius 2 is 1.56 bits per heavy atom. The van der Waals surface area contributed by atoms with Crippen molar-refractivity contribution in [3.05, 3.63) is 83.4 Å². The highest BCUT2D eigenvalue weighted by Gasteiger charge is 2.22. The minimum atomic E-state index is -4.05. The second-order valence-electron chi connectivity index (χ2n) is 6.87. The van der Waals surface area contributed by atoms with Crippen LogP contribution in [0.3, 0.4) is 0 Å². The van der Waals surface area contributed by atoms with Crippen LogP contribution in [0.15, 0.2) is 66.7 Å². The first-order chi connectivity index (χ1) is 15.0. The Labute approximate surface area is 184 Å². The number of rotatable bonds is 6. The fourth-order valence-corrected chi connectivity index (χ4v) is 3.36. The van der Waals surface area contributed by atoms with E-state index in [0.29, 0.717) is 16.8 Å². The highest BCUT2D eigenvalue weighted by molar-refractivity contribution is 7.86. The molecule has 32 heavy (non-hydrogen) atoms.